The highest BCUT2D eigenvalue weighted by atomic mass is 16.4. The number of carbonyl (C=O) groups is 1. The van der Waals surface area contributed by atoms with Crippen molar-refractivity contribution < 1.29 is 9.21 Å². The number of aromatic nitrogens is 1. The number of hydrogen-bond donors (Lipinski definition) is 0. The third-order valence-corrected chi connectivity index (χ3v) is 6.59. The fourth-order valence-corrected chi connectivity index (χ4v) is 4.55. The summed E-state index contributed by atoms with van der Waals surface area (Å²) in [5.41, 5.74) is 5.30. The quantitative estimate of drug-likeness (QED) is 0.378. The van der Waals surface area contributed by atoms with Gasteiger partial charge in [0.15, 0.2) is 5.76 Å². The molecule has 1 aliphatic rings. The molecule has 0 aliphatic carbocycles. The summed E-state index contributed by atoms with van der Waals surface area (Å²) in [6, 6.07) is 25.5. The Morgan fingerprint density at radius 1 is 0.972 bits per heavy atom. The van der Waals surface area contributed by atoms with Crippen molar-refractivity contribution >= 4 is 5.91 Å². The van der Waals surface area contributed by atoms with E-state index in [-0.39, 0.29) is 5.91 Å². The Hall–Kier alpha value is -4.21. The summed E-state index contributed by atoms with van der Waals surface area (Å²) >= 11 is 0. The van der Waals surface area contributed by atoms with Crippen molar-refractivity contribution in [3.8, 4) is 28.8 Å². The first-order chi connectivity index (χ1) is 17.6. The van der Waals surface area contributed by atoms with Gasteiger partial charge in [-0.2, -0.15) is 5.26 Å². The average molecular weight is 477 g/mol. The highest BCUT2D eigenvalue weighted by molar-refractivity contribution is 6.00. The molecule has 0 unspecified atom stereocenters. The van der Waals surface area contributed by atoms with Crippen LogP contribution in [0, 0.1) is 18.3 Å². The van der Waals surface area contributed by atoms with Crippen LogP contribution in [-0.2, 0) is 6.54 Å². The number of nitriles is 1. The van der Waals surface area contributed by atoms with Gasteiger partial charge in [-0.1, -0.05) is 54.1 Å². The predicted molar refractivity (Wildman–Crippen MR) is 139 cm³/mol. The van der Waals surface area contributed by atoms with E-state index in [0.717, 1.165) is 31.6 Å². The molecule has 6 heteroatoms. The largest absolute Gasteiger partial charge is 0.436 e. The summed E-state index contributed by atoms with van der Waals surface area (Å²) in [6.45, 7) is 5.94. The van der Waals surface area contributed by atoms with Gasteiger partial charge in [0.25, 0.3) is 5.91 Å². The lowest BCUT2D eigenvalue weighted by Gasteiger charge is -2.23. The normalized spacial score (nSPS) is 14.3. The Balaban J connectivity index is 1.29. The molecule has 1 aliphatic heterocycles. The monoisotopic (exact) mass is 476 g/mol. The zero-order valence-corrected chi connectivity index (χ0v) is 20.4. The molecule has 0 N–H and O–H groups in total. The van der Waals surface area contributed by atoms with Gasteiger partial charge in [-0.3, -0.25) is 9.69 Å². The van der Waals surface area contributed by atoms with Gasteiger partial charge in [0.05, 0.1) is 23.4 Å². The van der Waals surface area contributed by atoms with Crippen LogP contribution in [0.1, 0.15) is 33.5 Å². The first kappa shape index (κ1) is 23.5. The number of rotatable bonds is 5. The molecule has 0 saturated carbocycles. The second kappa shape index (κ2) is 10.6. The first-order valence-corrected chi connectivity index (χ1v) is 12.2. The fraction of sp³-hybridized carbons (Fsp3) is 0.233. The van der Waals surface area contributed by atoms with E-state index in [2.05, 4.69) is 16.0 Å². The van der Waals surface area contributed by atoms with Gasteiger partial charge in [0.2, 0.25) is 5.89 Å². The van der Waals surface area contributed by atoms with Crippen molar-refractivity contribution in [1.29, 1.82) is 5.26 Å². The third-order valence-electron chi connectivity index (χ3n) is 6.59. The summed E-state index contributed by atoms with van der Waals surface area (Å²) in [6.07, 6.45) is 2.62. The maximum Gasteiger partial charge on any atom is 0.254 e. The van der Waals surface area contributed by atoms with E-state index >= 15 is 0 Å². The molecule has 2 heterocycles. The SMILES string of the molecule is Cc1ccc(-c2cnc(-c3ccccc3C(=O)N3CCCN(Cc4ccc(C#N)cc4)CC3)o2)cc1. The third kappa shape index (κ3) is 5.22. The van der Waals surface area contributed by atoms with Crippen molar-refractivity contribution in [3.05, 3.63) is 101 Å². The van der Waals surface area contributed by atoms with Gasteiger partial charge < -0.3 is 9.32 Å². The number of amides is 1. The van der Waals surface area contributed by atoms with Gasteiger partial charge in [0, 0.05) is 43.9 Å². The molecule has 1 amide bonds. The van der Waals surface area contributed by atoms with Gasteiger partial charge in [-0.25, -0.2) is 4.98 Å². The van der Waals surface area contributed by atoms with Crippen LogP contribution < -0.4 is 0 Å². The Labute approximate surface area is 211 Å². The van der Waals surface area contributed by atoms with Gasteiger partial charge in [-0.05, 0) is 43.2 Å². The Morgan fingerprint density at radius 3 is 2.53 bits per heavy atom. The number of carbonyl (C=O) groups excluding carboxylic acids is 1. The van der Waals surface area contributed by atoms with Crippen LogP contribution in [-0.4, -0.2) is 46.9 Å². The number of oxazole rings is 1. The summed E-state index contributed by atoms with van der Waals surface area (Å²) in [5.74, 6) is 1.13. The molecule has 1 aromatic heterocycles. The zero-order valence-electron chi connectivity index (χ0n) is 20.4. The van der Waals surface area contributed by atoms with Crippen molar-refractivity contribution in [2.24, 2.45) is 0 Å². The van der Waals surface area contributed by atoms with Crippen molar-refractivity contribution in [2.75, 3.05) is 26.2 Å². The number of hydrogen-bond acceptors (Lipinski definition) is 5. The lowest BCUT2D eigenvalue weighted by atomic mass is 10.1. The van der Waals surface area contributed by atoms with Gasteiger partial charge in [-0.15, -0.1) is 0 Å². The Morgan fingerprint density at radius 2 is 1.75 bits per heavy atom. The van der Waals surface area contributed by atoms with E-state index in [1.807, 2.05) is 84.6 Å². The molecule has 3 aromatic carbocycles. The van der Waals surface area contributed by atoms with Gasteiger partial charge in [0.1, 0.15) is 0 Å². The summed E-state index contributed by atoms with van der Waals surface area (Å²) in [7, 11) is 0. The summed E-state index contributed by atoms with van der Waals surface area (Å²) in [5, 5.41) is 9.01. The van der Waals surface area contributed by atoms with Crippen molar-refractivity contribution in [2.45, 2.75) is 19.9 Å². The molecule has 5 rings (SSSR count). The van der Waals surface area contributed by atoms with Crippen LogP contribution in [0.25, 0.3) is 22.8 Å². The highest BCUT2D eigenvalue weighted by Gasteiger charge is 2.24. The van der Waals surface area contributed by atoms with E-state index < -0.39 is 0 Å². The van der Waals surface area contributed by atoms with Gasteiger partial charge >= 0.3 is 0 Å². The number of nitrogens with zero attached hydrogens (tertiary/aromatic N) is 4. The molecule has 0 spiro atoms. The maximum absolute atomic E-state index is 13.6. The minimum Gasteiger partial charge on any atom is -0.436 e. The number of aryl methyl sites for hydroxylation is 1. The Kier molecular flexibility index (Phi) is 6.92. The topological polar surface area (TPSA) is 73.4 Å². The van der Waals surface area contributed by atoms with Crippen LogP contribution in [0.4, 0.5) is 0 Å². The molecule has 4 aromatic rings. The lowest BCUT2D eigenvalue weighted by molar-refractivity contribution is 0.0761. The van der Waals surface area contributed by atoms with E-state index in [4.69, 9.17) is 9.68 Å². The molecular formula is C30H28N4O2. The molecular weight excluding hydrogens is 448 g/mol. The van der Waals surface area contributed by atoms with Crippen molar-refractivity contribution in [3.63, 3.8) is 0 Å². The smallest absolute Gasteiger partial charge is 0.254 e. The van der Waals surface area contributed by atoms with Crippen molar-refractivity contribution in [1.82, 2.24) is 14.8 Å². The van der Waals surface area contributed by atoms with Crippen LogP contribution in [0.15, 0.2) is 83.4 Å². The molecule has 36 heavy (non-hydrogen) atoms. The summed E-state index contributed by atoms with van der Waals surface area (Å²) in [4.78, 5) is 22.4. The number of benzene rings is 3. The molecule has 1 fully saturated rings. The average Bonchev–Trinajstić information content (AvgIpc) is 3.29. The van der Waals surface area contributed by atoms with E-state index in [9.17, 15) is 4.79 Å². The standard InChI is InChI=1S/C30H28N4O2/c1-22-7-13-25(14-8-22)28-20-32-29(36-28)26-5-2-3-6-27(26)30(35)34-16-4-15-33(17-18-34)21-24-11-9-23(19-31)10-12-24/h2-3,5-14,20H,4,15-18,21H2,1H3. The second-order valence-corrected chi connectivity index (χ2v) is 9.17. The van der Waals surface area contributed by atoms with Crippen LogP contribution in [0.2, 0.25) is 0 Å². The van der Waals surface area contributed by atoms with E-state index in [1.54, 1.807) is 6.20 Å². The lowest BCUT2D eigenvalue weighted by Crippen LogP contribution is -2.35. The summed E-state index contributed by atoms with van der Waals surface area (Å²) < 4.78 is 6.09. The molecule has 1 saturated heterocycles. The molecule has 0 radical (unpaired) electrons. The molecule has 180 valence electrons. The molecule has 6 nitrogen and oxygen atoms in total. The van der Waals surface area contributed by atoms with Crippen LogP contribution >= 0.6 is 0 Å². The van der Waals surface area contributed by atoms with E-state index in [0.29, 0.717) is 41.4 Å². The zero-order chi connectivity index (χ0) is 24.9. The predicted octanol–water partition coefficient (Wildman–Crippen LogP) is 5.54. The molecule has 0 atom stereocenters. The first-order valence-electron chi connectivity index (χ1n) is 12.2. The van der Waals surface area contributed by atoms with Crippen LogP contribution in [0.5, 0.6) is 0 Å². The Bertz CT molecular complexity index is 1380. The minimum atomic E-state index is 0.000842. The maximum atomic E-state index is 13.6. The highest BCUT2D eigenvalue weighted by Crippen LogP contribution is 2.29. The fourth-order valence-electron chi connectivity index (χ4n) is 4.55. The van der Waals surface area contributed by atoms with Crippen LogP contribution in [0.3, 0.4) is 0 Å². The molecule has 0 bridgehead atoms. The minimum absolute atomic E-state index is 0.000842. The van der Waals surface area contributed by atoms with E-state index in [1.165, 1.54) is 11.1 Å². The second-order valence-electron chi connectivity index (χ2n) is 9.17.